The maximum atomic E-state index is 12.7. The molecule has 0 heterocycles. The Bertz CT molecular complexity index is 1400. The number of hydrogen-bond acceptors (Lipinski definition) is 5. The summed E-state index contributed by atoms with van der Waals surface area (Å²) in [5.41, 5.74) is 4.58. The van der Waals surface area contributed by atoms with E-state index in [4.69, 9.17) is 21.1 Å². The van der Waals surface area contributed by atoms with Crippen molar-refractivity contribution in [1.29, 1.82) is 0 Å². The van der Waals surface area contributed by atoms with Crippen LogP contribution in [0, 0.1) is 0 Å². The van der Waals surface area contributed by atoms with Gasteiger partial charge in [-0.1, -0.05) is 67.9 Å². The van der Waals surface area contributed by atoms with E-state index in [1.807, 2.05) is 54.6 Å². The lowest BCUT2D eigenvalue weighted by molar-refractivity contribution is -0.123. The summed E-state index contributed by atoms with van der Waals surface area (Å²) in [6.07, 6.45) is 1.46. The van der Waals surface area contributed by atoms with E-state index in [1.165, 1.54) is 11.8 Å². The van der Waals surface area contributed by atoms with E-state index < -0.39 is 11.9 Å². The largest absolute Gasteiger partial charge is 0.484 e. The van der Waals surface area contributed by atoms with E-state index in [9.17, 15) is 9.59 Å². The second-order valence-electron chi connectivity index (χ2n) is 8.40. The average molecular weight is 501 g/mol. The molecule has 4 aromatic carbocycles. The molecular weight excluding hydrogens is 476 g/mol. The highest BCUT2D eigenvalue weighted by molar-refractivity contribution is 6.30. The minimum absolute atomic E-state index is 0.188. The molecular formula is C29H25ClN2O4. The van der Waals surface area contributed by atoms with Gasteiger partial charge in [0.15, 0.2) is 6.61 Å². The van der Waals surface area contributed by atoms with Gasteiger partial charge in [0.2, 0.25) is 0 Å². The van der Waals surface area contributed by atoms with Crippen molar-refractivity contribution in [2.24, 2.45) is 5.10 Å². The van der Waals surface area contributed by atoms with Gasteiger partial charge in [0, 0.05) is 10.6 Å². The number of nitrogens with one attached hydrogen (secondary N) is 1. The molecule has 0 fully saturated rings. The van der Waals surface area contributed by atoms with E-state index in [0.29, 0.717) is 33.6 Å². The van der Waals surface area contributed by atoms with E-state index >= 15 is 0 Å². The molecule has 0 atom stereocenters. The minimum atomic E-state index is -0.530. The summed E-state index contributed by atoms with van der Waals surface area (Å²) < 4.78 is 11.2. The Morgan fingerprint density at radius 3 is 2.39 bits per heavy atom. The van der Waals surface area contributed by atoms with Gasteiger partial charge in [-0.05, 0) is 64.7 Å². The number of fused-ring (bicyclic) bond motifs is 1. The molecule has 0 saturated heterocycles. The van der Waals surface area contributed by atoms with E-state index in [-0.39, 0.29) is 6.61 Å². The molecule has 4 aromatic rings. The highest BCUT2D eigenvalue weighted by Crippen LogP contribution is 2.27. The van der Waals surface area contributed by atoms with Crippen LogP contribution in [0.4, 0.5) is 0 Å². The Kier molecular flexibility index (Phi) is 7.98. The summed E-state index contributed by atoms with van der Waals surface area (Å²) in [5.74, 6) is 0.384. The Morgan fingerprint density at radius 2 is 1.67 bits per heavy atom. The molecule has 0 bridgehead atoms. The third kappa shape index (κ3) is 6.29. The molecule has 7 heteroatoms. The number of carbonyl (C=O) groups excluding carboxylic acids is 2. The summed E-state index contributed by atoms with van der Waals surface area (Å²) >= 11 is 5.91. The van der Waals surface area contributed by atoms with E-state index in [1.54, 1.807) is 30.3 Å². The zero-order valence-corrected chi connectivity index (χ0v) is 20.7. The summed E-state index contributed by atoms with van der Waals surface area (Å²) in [4.78, 5) is 25.0. The van der Waals surface area contributed by atoms with Crippen LogP contribution in [0.25, 0.3) is 10.8 Å². The zero-order chi connectivity index (χ0) is 25.5. The molecule has 0 radical (unpaired) electrons. The molecule has 0 saturated carbocycles. The Labute approximate surface area is 214 Å². The van der Waals surface area contributed by atoms with Crippen LogP contribution in [-0.2, 0) is 4.79 Å². The lowest BCUT2D eigenvalue weighted by atomic mass is 10.0. The number of benzene rings is 4. The number of halogens is 1. The normalized spacial score (nSPS) is 11.1. The van der Waals surface area contributed by atoms with Crippen LogP contribution >= 0.6 is 11.6 Å². The highest BCUT2D eigenvalue weighted by atomic mass is 35.5. The lowest BCUT2D eigenvalue weighted by Crippen LogP contribution is -2.24. The van der Waals surface area contributed by atoms with Crippen LogP contribution in [0.15, 0.2) is 90.0 Å². The molecule has 6 nitrogen and oxygen atoms in total. The van der Waals surface area contributed by atoms with Crippen molar-refractivity contribution in [3.05, 3.63) is 107 Å². The molecule has 0 aliphatic heterocycles. The topological polar surface area (TPSA) is 77.0 Å². The van der Waals surface area contributed by atoms with Crippen LogP contribution < -0.4 is 14.9 Å². The third-order valence-electron chi connectivity index (χ3n) is 5.51. The molecule has 1 amide bonds. The minimum Gasteiger partial charge on any atom is -0.484 e. The summed E-state index contributed by atoms with van der Waals surface area (Å²) in [6.45, 7) is 4.04. The van der Waals surface area contributed by atoms with Gasteiger partial charge in [-0.15, -0.1) is 0 Å². The molecule has 0 aromatic heterocycles. The van der Waals surface area contributed by atoms with E-state index in [2.05, 4.69) is 24.4 Å². The smallest absolute Gasteiger partial charge is 0.343 e. The maximum Gasteiger partial charge on any atom is 0.343 e. The Hall–Kier alpha value is -4.16. The first-order chi connectivity index (χ1) is 17.4. The van der Waals surface area contributed by atoms with Crippen LogP contribution in [0.5, 0.6) is 11.5 Å². The van der Waals surface area contributed by atoms with Crippen molar-refractivity contribution >= 4 is 40.5 Å². The molecule has 36 heavy (non-hydrogen) atoms. The van der Waals surface area contributed by atoms with Crippen LogP contribution in [0.1, 0.15) is 41.3 Å². The quantitative estimate of drug-likeness (QED) is 0.132. The van der Waals surface area contributed by atoms with Gasteiger partial charge < -0.3 is 9.47 Å². The summed E-state index contributed by atoms with van der Waals surface area (Å²) in [6, 6.07) is 25.2. The van der Waals surface area contributed by atoms with Gasteiger partial charge in [0.05, 0.1) is 11.8 Å². The maximum absolute atomic E-state index is 12.7. The number of carbonyl (C=O) groups is 2. The third-order valence-corrected chi connectivity index (χ3v) is 5.76. The number of hydrogen-bond donors (Lipinski definition) is 1. The van der Waals surface area contributed by atoms with Crippen molar-refractivity contribution in [3.63, 3.8) is 0 Å². The van der Waals surface area contributed by atoms with Crippen molar-refractivity contribution < 1.29 is 19.1 Å². The Balaban J connectivity index is 1.46. The van der Waals surface area contributed by atoms with Gasteiger partial charge in [-0.25, -0.2) is 10.2 Å². The van der Waals surface area contributed by atoms with Crippen molar-refractivity contribution in [2.75, 3.05) is 6.61 Å². The first-order valence-corrected chi connectivity index (χ1v) is 11.8. The van der Waals surface area contributed by atoms with Gasteiger partial charge in [0.1, 0.15) is 11.5 Å². The first-order valence-electron chi connectivity index (χ1n) is 11.4. The van der Waals surface area contributed by atoms with Gasteiger partial charge in [-0.3, -0.25) is 4.79 Å². The van der Waals surface area contributed by atoms with Crippen LogP contribution in [-0.4, -0.2) is 24.7 Å². The fourth-order valence-corrected chi connectivity index (χ4v) is 3.67. The van der Waals surface area contributed by atoms with E-state index in [0.717, 1.165) is 10.8 Å². The molecule has 1 N–H and O–H groups in total. The number of nitrogens with zero attached hydrogens (tertiary/aromatic N) is 1. The predicted octanol–water partition coefficient (Wildman–Crippen LogP) is 6.36. The first kappa shape index (κ1) is 24.9. The van der Waals surface area contributed by atoms with Crippen molar-refractivity contribution in [2.45, 2.75) is 19.8 Å². The number of amides is 1. The second kappa shape index (κ2) is 11.5. The molecule has 182 valence electrons. The average Bonchev–Trinajstić information content (AvgIpc) is 2.89. The van der Waals surface area contributed by atoms with Crippen LogP contribution in [0.3, 0.4) is 0 Å². The summed E-state index contributed by atoms with van der Waals surface area (Å²) in [7, 11) is 0. The SMILES string of the molecule is CC(C)c1ccc(OCC(=O)N/N=C\c2c(OC(=O)c3ccc(Cl)cc3)ccc3ccccc23)cc1. The summed E-state index contributed by atoms with van der Waals surface area (Å²) in [5, 5.41) is 6.36. The number of hydrazone groups is 1. The highest BCUT2D eigenvalue weighted by Gasteiger charge is 2.14. The lowest BCUT2D eigenvalue weighted by Gasteiger charge is -2.11. The molecule has 0 aliphatic rings. The standard InChI is InChI=1S/C29H25ClN2O4/c1-19(2)20-9-14-24(15-10-20)35-18-28(33)32-31-17-26-25-6-4-3-5-21(25)11-16-27(26)36-29(34)22-7-12-23(30)13-8-22/h3-17,19H,18H2,1-2H3,(H,32,33)/b31-17-. The monoisotopic (exact) mass is 500 g/mol. The number of ether oxygens (including phenoxy) is 2. The molecule has 0 unspecified atom stereocenters. The van der Waals surface area contributed by atoms with Gasteiger partial charge in [-0.2, -0.15) is 5.10 Å². The fourth-order valence-electron chi connectivity index (χ4n) is 3.54. The zero-order valence-electron chi connectivity index (χ0n) is 19.9. The predicted molar refractivity (Wildman–Crippen MR) is 142 cm³/mol. The van der Waals surface area contributed by atoms with Crippen molar-refractivity contribution in [1.82, 2.24) is 5.43 Å². The molecule has 0 aliphatic carbocycles. The fraction of sp³-hybridized carbons (Fsp3) is 0.138. The van der Waals surface area contributed by atoms with Crippen LogP contribution in [0.2, 0.25) is 5.02 Å². The van der Waals surface area contributed by atoms with Gasteiger partial charge >= 0.3 is 5.97 Å². The number of rotatable bonds is 8. The molecule has 4 rings (SSSR count). The van der Waals surface area contributed by atoms with Crippen molar-refractivity contribution in [3.8, 4) is 11.5 Å². The Morgan fingerprint density at radius 1 is 0.944 bits per heavy atom. The number of esters is 1. The molecule has 0 spiro atoms. The van der Waals surface area contributed by atoms with Gasteiger partial charge in [0.25, 0.3) is 5.91 Å². The second-order valence-corrected chi connectivity index (χ2v) is 8.84.